The van der Waals surface area contributed by atoms with Gasteiger partial charge in [0, 0.05) is 38.6 Å². The number of rotatable bonds is 4. The Morgan fingerprint density at radius 1 is 0.920 bits per heavy atom. The molecule has 25 heavy (non-hydrogen) atoms. The molecule has 5 heteroatoms. The molecule has 1 aliphatic heterocycles. The van der Waals surface area contributed by atoms with Gasteiger partial charge in [0.2, 0.25) is 5.91 Å². The molecule has 1 saturated carbocycles. The average Bonchev–Trinajstić information content (AvgIpc) is 2.68. The Balaban J connectivity index is 1.38. The van der Waals surface area contributed by atoms with Gasteiger partial charge < -0.3 is 15.1 Å². The summed E-state index contributed by atoms with van der Waals surface area (Å²) < 4.78 is 0. The minimum absolute atomic E-state index is 0.0447. The highest BCUT2D eigenvalue weighted by molar-refractivity contribution is 5.78. The minimum atomic E-state index is 0.0447. The lowest BCUT2D eigenvalue weighted by Crippen LogP contribution is -2.54. The van der Waals surface area contributed by atoms with Crippen LogP contribution in [0.1, 0.15) is 44.1 Å². The highest BCUT2D eigenvalue weighted by Crippen LogP contribution is 2.18. The summed E-state index contributed by atoms with van der Waals surface area (Å²) in [4.78, 5) is 28.5. The zero-order valence-electron chi connectivity index (χ0n) is 15.0. The molecule has 1 saturated heterocycles. The molecule has 3 amide bonds. The molecule has 2 aliphatic rings. The lowest BCUT2D eigenvalue weighted by molar-refractivity contribution is -0.132. The predicted octanol–water partition coefficient (Wildman–Crippen LogP) is 2.81. The van der Waals surface area contributed by atoms with Gasteiger partial charge in [0.15, 0.2) is 0 Å². The third-order valence-electron chi connectivity index (χ3n) is 5.32. The SMILES string of the molecule is O=C(CCc1ccccc1)N1CCN(C(=O)NC2CCCCC2)CC1. The van der Waals surface area contributed by atoms with Gasteiger partial charge in [-0.1, -0.05) is 49.6 Å². The molecule has 136 valence electrons. The third-order valence-corrected chi connectivity index (χ3v) is 5.32. The maximum Gasteiger partial charge on any atom is 0.317 e. The van der Waals surface area contributed by atoms with E-state index >= 15 is 0 Å². The van der Waals surface area contributed by atoms with Gasteiger partial charge in [-0.3, -0.25) is 4.79 Å². The van der Waals surface area contributed by atoms with Crippen LogP contribution in [0.4, 0.5) is 4.79 Å². The van der Waals surface area contributed by atoms with Crippen molar-refractivity contribution in [2.75, 3.05) is 26.2 Å². The number of aryl methyl sites for hydroxylation is 1. The van der Waals surface area contributed by atoms with Gasteiger partial charge >= 0.3 is 6.03 Å². The molecule has 0 unspecified atom stereocenters. The van der Waals surface area contributed by atoms with E-state index in [-0.39, 0.29) is 11.9 Å². The maximum atomic E-state index is 12.4. The van der Waals surface area contributed by atoms with E-state index in [1.807, 2.05) is 28.0 Å². The van der Waals surface area contributed by atoms with Crippen LogP contribution in [-0.4, -0.2) is 54.0 Å². The van der Waals surface area contributed by atoms with Crippen LogP contribution in [0.5, 0.6) is 0 Å². The first-order valence-electron chi connectivity index (χ1n) is 9.59. The summed E-state index contributed by atoms with van der Waals surface area (Å²) in [5.41, 5.74) is 1.20. The summed E-state index contributed by atoms with van der Waals surface area (Å²) >= 11 is 0. The van der Waals surface area contributed by atoms with E-state index in [0.717, 1.165) is 19.3 Å². The molecule has 0 aromatic heterocycles. The summed E-state index contributed by atoms with van der Waals surface area (Å²) in [6.07, 6.45) is 7.24. The van der Waals surface area contributed by atoms with E-state index in [4.69, 9.17) is 0 Å². The highest BCUT2D eigenvalue weighted by atomic mass is 16.2. The molecule has 1 aromatic rings. The molecule has 0 atom stereocenters. The number of nitrogens with zero attached hydrogens (tertiary/aromatic N) is 2. The molecule has 0 radical (unpaired) electrons. The van der Waals surface area contributed by atoms with Crippen LogP contribution in [0.3, 0.4) is 0 Å². The summed E-state index contributed by atoms with van der Waals surface area (Å²) in [5, 5.41) is 3.16. The first-order valence-corrected chi connectivity index (χ1v) is 9.59. The van der Waals surface area contributed by atoms with Crippen LogP contribution in [-0.2, 0) is 11.2 Å². The van der Waals surface area contributed by atoms with Crippen LogP contribution in [0.15, 0.2) is 30.3 Å². The van der Waals surface area contributed by atoms with Crippen molar-refractivity contribution < 1.29 is 9.59 Å². The fourth-order valence-corrected chi connectivity index (χ4v) is 3.73. The van der Waals surface area contributed by atoms with Gasteiger partial charge in [-0.05, 0) is 24.8 Å². The van der Waals surface area contributed by atoms with Crippen LogP contribution in [0, 0.1) is 0 Å². The van der Waals surface area contributed by atoms with E-state index in [9.17, 15) is 9.59 Å². The van der Waals surface area contributed by atoms with Crippen molar-refractivity contribution >= 4 is 11.9 Å². The van der Waals surface area contributed by atoms with E-state index in [2.05, 4.69) is 17.4 Å². The summed E-state index contributed by atoms with van der Waals surface area (Å²) in [6, 6.07) is 10.5. The maximum absolute atomic E-state index is 12.4. The molecular formula is C20H29N3O2. The van der Waals surface area contributed by atoms with Crippen molar-refractivity contribution in [3.8, 4) is 0 Å². The van der Waals surface area contributed by atoms with Crippen molar-refractivity contribution in [1.29, 1.82) is 0 Å². The minimum Gasteiger partial charge on any atom is -0.339 e. The Kier molecular flexibility index (Phi) is 6.31. The number of benzene rings is 1. The van der Waals surface area contributed by atoms with Gasteiger partial charge in [-0.25, -0.2) is 4.79 Å². The number of hydrogen-bond donors (Lipinski definition) is 1. The lowest BCUT2D eigenvalue weighted by atomic mass is 9.96. The lowest BCUT2D eigenvalue weighted by Gasteiger charge is -2.36. The van der Waals surface area contributed by atoms with E-state index < -0.39 is 0 Å². The molecule has 1 heterocycles. The van der Waals surface area contributed by atoms with Gasteiger partial charge in [0.25, 0.3) is 0 Å². The Bertz CT molecular complexity index is 562. The van der Waals surface area contributed by atoms with Crippen molar-refractivity contribution in [2.24, 2.45) is 0 Å². The van der Waals surface area contributed by atoms with Crippen molar-refractivity contribution in [3.05, 3.63) is 35.9 Å². The third kappa shape index (κ3) is 5.21. The molecule has 3 rings (SSSR count). The number of carbonyl (C=O) groups excluding carboxylic acids is 2. The first kappa shape index (κ1) is 17.8. The number of carbonyl (C=O) groups is 2. The number of piperazine rings is 1. The number of nitrogens with one attached hydrogen (secondary N) is 1. The fraction of sp³-hybridized carbons (Fsp3) is 0.600. The Morgan fingerprint density at radius 2 is 1.56 bits per heavy atom. The summed E-state index contributed by atoms with van der Waals surface area (Å²) in [5.74, 6) is 0.191. The summed E-state index contributed by atoms with van der Waals surface area (Å²) in [7, 11) is 0. The molecular weight excluding hydrogens is 314 g/mol. The molecule has 2 fully saturated rings. The predicted molar refractivity (Wildman–Crippen MR) is 98.3 cm³/mol. The van der Waals surface area contributed by atoms with E-state index in [1.165, 1.54) is 24.8 Å². The Hall–Kier alpha value is -2.04. The van der Waals surface area contributed by atoms with Gasteiger partial charge in [0.1, 0.15) is 0 Å². The molecule has 0 bridgehead atoms. The van der Waals surface area contributed by atoms with Crippen molar-refractivity contribution in [3.63, 3.8) is 0 Å². The molecule has 0 spiro atoms. The molecule has 1 aliphatic carbocycles. The zero-order chi connectivity index (χ0) is 17.5. The number of hydrogen-bond acceptors (Lipinski definition) is 2. The zero-order valence-corrected chi connectivity index (χ0v) is 15.0. The Morgan fingerprint density at radius 3 is 2.24 bits per heavy atom. The second kappa shape index (κ2) is 8.88. The van der Waals surface area contributed by atoms with Crippen LogP contribution < -0.4 is 5.32 Å². The molecule has 1 N–H and O–H groups in total. The van der Waals surface area contributed by atoms with Crippen LogP contribution >= 0.6 is 0 Å². The largest absolute Gasteiger partial charge is 0.339 e. The monoisotopic (exact) mass is 343 g/mol. The molecule has 1 aromatic carbocycles. The average molecular weight is 343 g/mol. The van der Waals surface area contributed by atoms with Gasteiger partial charge in [-0.2, -0.15) is 0 Å². The van der Waals surface area contributed by atoms with Crippen molar-refractivity contribution in [2.45, 2.75) is 51.0 Å². The quantitative estimate of drug-likeness (QED) is 0.914. The smallest absolute Gasteiger partial charge is 0.317 e. The Labute approximate surface area is 150 Å². The summed E-state index contributed by atoms with van der Waals surface area (Å²) in [6.45, 7) is 2.56. The second-order valence-corrected chi connectivity index (χ2v) is 7.14. The topological polar surface area (TPSA) is 52.7 Å². The fourth-order valence-electron chi connectivity index (χ4n) is 3.73. The highest BCUT2D eigenvalue weighted by Gasteiger charge is 2.25. The molecule has 5 nitrogen and oxygen atoms in total. The van der Waals surface area contributed by atoms with E-state index in [0.29, 0.717) is 38.6 Å². The number of amides is 3. The standard InChI is InChI=1S/C20H29N3O2/c24-19(12-11-17-7-3-1-4-8-17)22-13-15-23(16-14-22)20(25)21-18-9-5-2-6-10-18/h1,3-4,7-8,18H,2,5-6,9-16H2,(H,21,25). The van der Waals surface area contributed by atoms with Gasteiger partial charge in [0.05, 0.1) is 0 Å². The van der Waals surface area contributed by atoms with Crippen LogP contribution in [0.2, 0.25) is 0 Å². The van der Waals surface area contributed by atoms with E-state index in [1.54, 1.807) is 0 Å². The van der Waals surface area contributed by atoms with Gasteiger partial charge in [-0.15, -0.1) is 0 Å². The van der Waals surface area contributed by atoms with Crippen molar-refractivity contribution in [1.82, 2.24) is 15.1 Å². The van der Waals surface area contributed by atoms with Crippen LogP contribution in [0.25, 0.3) is 0 Å². The first-order chi connectivity index (χ1) is 12.2. The normalized spacial score (nSPS) is 18.9. The second-order valence-electron chi connectivity index (χ2n) is 7.14. The number of urea groups is 1.